The zero-order chi connectivity index (χ0) is 37.9. The van der Waals surface area contributed by atoms with E-state index in [-0.39, 0.29) is 0 Å². The van der Waals surface area contributed by atoms with E-state index in [1.807, 2.05) is 36.4 Å². The summed E-state index contributed by atoms with van der Waals surface area (Å²) in [6.07, 6.45) is 0. The molecule has 13 rings (SSSR count). The molecule has 0 saturated heterocycles. The topological polar surface area (TPSA) is 48.0 Å². The predicted octanol–water partition coefficient (Wildman–Crippen LogP) is 13.4. The van der Waals surface area contributed by atoms with Crippen LogP contribution in [-0.2, 0) is 0 Å². The number of nitrogens with zero attached hydrogens (tertiary/aromatic N) is 5. The van der Waals surface area contributed by atoms with Gasteiger partial charge in [0.15, 0.2) is 17.5 Å². The summed E-state index contributed by atoms with van der Waals surface area (Å²) < 4.78 is 4.96. The van der Waals surface area contributed by atoms with Gasteiger partial charge in [-0.1, -0.05) is 152 Å². The second-order valence-electron chi connectivity index (χ2n) is 15.2. The van der Waals surface area contributed by atoms with E-state index in [0.29, 0.717) is 17.5 Å². The molecule has 0 unspecified atom stereocenters. The fourth-order valence-electron chi connectivity index (χ4n) is 9.57. The van der Waals surface area contributed by atoms with Crippen molar-refractivity contribution < 1.29 is 0 Å². The van der Waals surface area contributed by atoms with Crippen molar-refractivity contribution in [1.82, 2.24) is 23.9 Å². The van der Waals surface area contributed by atoms with E-state index >= 15 is 0 Å². The highest BCUT2D eigenvalue weighted by atomic mass is 15.0. The number of para-hydroxylation sites is 2. The summed E-state index contributed by atoms with van der Waals surface area (Å²) in [5, 5.41) is 12.3. The van der Waals surface area contributed by atoms with Crippen molar-refractivity contribution in [2.75, 3.05) is 0 Å². The van der Waals surface area contributed by atoms with E-state index < -0.39 is 0 Å². The molecule has 0 radical (unpaired) electrons. The molecule has 0 amide bonds. The van der Waals surface area contributed by atoms with Gasteiger partial charge in [0, 0.05) is 54.4 Å². The highest BCUT2D eigenvalue weighted by Crippen LogP contribution is 2.45. The van der Waals surface area contributed by atoms with Gasteiger partial charge in [-0.3, -0.25) is 0 Å². The maximum atomic E-state index is 5.14. The van der Waals surface area contributed by atoms with Crippen LogP contribution in [0.15, 0.2) is 188 Å². The van der Waals surface area contributed by atoms with E-state index in [4.69, 9.17) is 15.0 Å². The monoisotopic (exact) mass is 737 g/mol. The van der Waals surface area contributed by atoms with Gasteiger partial charge in [-0.05, 0) is 52.6 Å². The molecule has 0 aliphatic rings. The molecule has 268 valence electrons. The van der Waals surface area contributed by atoms with E-state index in [1.165, 1.54) is 70.7 Å². The lowest BCUT2D eigenvalue weighted by molar-refractivity contribution is 1.08. The minimum atomic E-state index is 0.641. The molecular formula is C53H31N5. The Hall–Kier alpha value is -7.89. The molecule has 0 N–H and O–H groups in total. The van der Waals surface area contributed by atoms with Gasteiger partial charge in [0.25, 0.3) is 0 Å². The van der Waals surface area contributed by atoms with Crippen LogP contribution in [-0.4, -0.2) is 23.9 Å². The first-order valence-corrected chi connectivity index (χ1v) is 19.7. The number of benzene rings is 9. The third kappa shape index (κ3) is 4.33. The summed E-state index contributed by atoms with van der Waals surface area (Å²) in [5.74, 6) is 1.93. The third-order valence-electron chi connectivity index (χ3n) is 12.1. The lowest BCUT2D eigenvalue weighted by Gasteiger charge is -2.15. The number of hydrogen-bond donors (Lipinski definition) is 0. The van der Waals surface area contributed by atoms with Gasteiger partial charge in [0.05, 0.1) is 33.3 Å². The van der Waals surface area contributed by atoms with Crippen LogP contribution in [0.2, 0.25) is 0 Å². The molecule has 0 saturated carbocycles. The standard InChI is InChI=1S/C53H31N5/c1-3-15-33(16-4-1)51-54-52(34-17-5-2-6-18-34)56-53(55-51)41-27-29-45(37-21-10-9-20-36(37)41)57-46-28-26-32-14-7-8-19-35(32)49(46)43-30-42-40-24-13-23-39-38-22-11-12-25-44(38)58(50(39)40)47(42)31-48(43)57/h1-31H. The largest absolute Gasteiger partial charge is 0.309 e. The number of fused-ring (bicyclic) bond motifs is 12. The molecule has 0 aliphatic heterocycles. The molecule has 0 fully saturated rings. The van der Waals surface area contributed by atoms with Gasteiger partial charge in [-0.25, -0.2) is 15.0 Å². The normalized spacial score (nSPS) is 12.1. The Morgan fingerprint density at radius 2 is 0.931 bits per heavy atom. The number of aromatic nitrogens is 5. The molecule has 13 aromatic rings. The Morgan fingerprint density at radius 3 is 1.69 bits per heavy atom. The van der Waals surface area contributed by atoms with Gasteiger partial charge in [0.2, 0.25) is 0 Å². The Balaban J connectivity index is 1.13. The van der Waals surface area contributed by atoms with Crippen molar-refractivity contribution in [3.05, 3.63) is 188 Å². The zero-order valence-electron chi connectivity index (χ0n) is 31.1. The van der Waals surface area contributed by atoms with Crippen molar-refractivity contribution in [3.63, 3.8) is 0 Å². The highest BCUT2D eigenvalue weighted by Gasteiger charge is 2.23. The third-order valence-corrected chi connectivity index (χ3v) is 12.1. The van der Waals surface area contributed by atoms with Crippen LogP contribution in [0.25, 0.3) is 121 Å². The van der Waals surface area contributed by atoms with Gasteiger partial charge >= 0.3 is 0 Å². The number of rotatable bonds is 4. The van der Waals surface area contributed by atoms with Gasteiger partial charge in [-0.2, -0.15) is 0 Å². The average Bonchev–Trinajstić information content (AvgIpc) is 3.93. The van der Waals surface area contributed by atoms with E-state index in [0.717, 1.165) is 33.2 Å². The van der Waals surface area contributed by atoms with Crippen molar-refractivity contribution in [2.45, 2.75) is 0 Å². The molecule has 58 heavy (non-hydrogen) atoms. The molecule has 0 bridgehead atoms. The minimum Gasteiger partial charge on any atom is -0.309 e. The van der Waals surface area contributed by atoms with Crippen LogP contribution >= 0.6 is 0 Å². The molecule has 9 aromatic carbocycles. The Bertz CT molecular complexity index is 3730. The Labute approximate surface area is 332 Å². The maximum absolute atomic E-state index is 5.14. The summed E-state index contributed by atoms with van der Waals surface area (Å²) in [4.78, 5) is 15.3. The second kappa shape index (κ2) is 11.8. The van der Waals surface area contributed by atoms with E-state index in [1.54, 1.807) is 0 Å². The van der Waals surface area contributed by atoms with Crippen molar-refractivity contribution in [2.24, 2.45) is 0 Å². The first-order valence-electron chi connectivity index (χ1n) is 19.7. The molecule has 4 aromatic heterocycles. The van der Waals surface area contributed by atoms with Crippen LogP contribution in [0.1, 0.15) is 0 Å². The lowest BCUT2D eigenvalue weighted by atomic mass is 10.0. The molecule has 4 heterocycles. The summed E-state index contributed by atoms with van der Waals surface area (Å²) >= 11 is 0. The second-order valence-corrected chi connectivity index (χ2v) is 15.2. The maximum Gasteiger partial charge on any atom is 0.164 e. The molecular weight excluding hydrogens is 707 g/mol. The van der Waals surface area contributed by atoms with Crippen LogP contribution in [0, 0.1) is 0 Å². The quantitative estimate of drug-likeness (QED) is 0.181. The van der Waals surface area contributed by atoms with Crippen LogP contribution in [0.4, 0.5) is 0 Å². The SMILES string of the molecule is c1ccc(-c2nc(-c3ccccc3)nc(-c3ccc(-n4c5cc6c(cc5c5c7ccccc7ccc54)c4cccc5c7ccccc7n6c54)c4ccccc34)n2)cc1. The minimum absolute atomic E-state index is 0.641. The first kappa shape index (κ1) is 31.3. The van der Waals surface area contributed by atoms with Gasteiger partial charge in [0.1, 0.15) is 0 Å². The summed E-state index contributed by atoms with van der Waals surface area (Å²) in [6.45, 7) is 0. The predicted molar refractivity (Wildman–Crippen MR) is 240 cm³/mol. The lowest BCUT2D eigenvalue weighted by Crippen LogP contribution is -2.01. The smallest absolute Gasteiger partial charge is 0.164 e. The molecule has 5 nitrogen and oxygen atoms in total. The van der Waals surface area contributed by atoms with Crippen molar-refractivity contribution in [1.29, 1.82) is 0 Å². The fraction of sp³-hybridized carbons (Fsp3) is 0. The Morgan fingerprint density at radius 1 is 0.328 bits per heavy atom. The average molecular weight is 738 g/mol. The highest BCUT2D eigenvalue weighted by molar-refractivity contribution is 6.29. The van der Waals surface area contributed by atoms with Crippen molar-refractivity contribution >= 4 is 81.4 Å². The summed E-state index contributed by atoms with van der Waals surface area (Å²) in [7, 11) is 0. The van der Waals surface area contributed by atoms with Crippen LogP contribution < -0.4 is 0 Å². The molecule has 5 heteroatoms. The van der Waals surface area contributed by atoms with E-state index in [2.05, 4.69) is 161 Å². The molecule has 0 spiro atoms. The zero-order valence-corrected chi connectivity index (χ0v) is 31.1. The van der Waals surface area contributed by atoms with Gasteiger partial charge in [-0.15, -0.1) is 0 Å². The van der Waals surface area contributed by atoms with Crippen LogP contribution in [0.3, 0.4) is 0 Å². The van der Waals surface area contributed by atoms with Gasteiger partial charge < -0.3 is 8.97 Å². The van der Waals surface area contributed by atoms with Crippen molar-refractivity contribution in [3.8, 4) is 39.9 Å². The van der Waals surface area contributed by atoms with Crippen LogP contribution in [0.5, 0.6) is 0 Å². The summed E-state index contributed by atoms with van der Waals surface area (Å²) in [5.41, 5.74) is 10.0. The Kier molecular flexibility index (Phi) is 6.38. The van der Waals surface area contributed by atoms with E-state index in [9.17, 15) is 0 Å². The first-order chi connectivity index (χ1) is 28.8. The molecule has 0 atom stereocenters. The fourth-order valence-corrected chi connectivity index (χ4v) is 9.57. The number of hydrogen-bond acceptors (Lipinski definition) is 3. The summed E-state index contributed by atoms with van der Waals surface area (Å²) in [6, 6.07) is 67.2. The molecule has 0 aliphatic carbocycles.